The molecule has 1 aromatic carbocycles. The smallest absolute Gasteiger partial charge is 0.339 e. The number of carbonyl (C=O) groups is 1. The van der Waals surface area contributed by atoms with Gasteiger partial charge in [0.25, 0.3) is 0 Å². The van der Waals surface area contributed by atoms with Crippen LogP contribution < -0.4 is 10.1 Å². The van der Waals surface area contributed by atoms with Crippen molar-refractivity contribution in [3.8, 4) is 5.75 Å². The number of rotatable bonds is 1. The number of halogens is 1. The van der Waals surface area contributed by atoms with Gasteiger partial charge >= 0.3 is 5.97 Å². The van der Waals surface area contributed by atoms with E-state index in [1.54, 1.807) is 6.07 Å². The first-order valence-electron chi connectivity index (χ1n) is 4.12. The number of carboxylic acids is 1. The van der Waals surface area contributed by atoms with E-state index >= 15 is 0 Å². The van der Waals surface area contributed by atoms with Gasteiger partial charge in [-0.3, -0.25) is 0 Å². The SMILES string of the molecule is O=C(O)c1c(Cl)ccc2c1NCCO2. The molecule has 0 radical (unpaired) electrons. The maximum absolute atomic E-state index is 10.9. The van der Waals surface area contributed by atoms with Crippen molar-refractivity contribution in [3.63, 3.8) is 0 Å². The second kappa shape index (κ2) is 3.38. The molecule has 0 bridgehead atoms. The number of anilines is 1. The summed E-state index contributed by atoms with van der Waals surface area (Å²) < 4.78 is 5.28. The predicted molar refractivity (Wildman–Crippen MR) is 52.4 cm³/mol. The van der Waals surface area contributed by atoms with Crippen molar-refractivity contribution >= 4 is 23.3 Å². The van der Waals surface area contributed by atoms with Crippen molar-refractivity contribution in [2.45, 2.75) is 0 Å². The highest BCUT2D eigenvalue weighted by Crippen LogP contribution is 2.35. The van der Waals surface area contributed by atoms with E-state index < -0.39 is 5.97 Å². The van der Waals surface area contributed by atoms with E-state index in [-0.39, 0.29) is 10.6 Å². The Morgan fingerprint density at radius 3 is 3.07 bits per heavy atom. The third-order valence-electron chi connectivity index (χ3n) is 1.99. The largest absolute Gasteiger partial charge is 0.490 e. The van der Waals surface area contributed by atoms with Gasteiger partial charge in [-0.2, -0.15) is 0 Å². The van der Waals surface area contributed by atoms with Crippen LogP contribution in [0.4, 0.5) is 5.69 Å². The Bertz CT molecular complexity index is 392. The summed E-state index contributed by atoms with van der Waals surface area (Å²) in [7, 11) is 0. The minimum Gasteiger partial charge on any atom is -0.490 e. The third kappa shape index (κ3) is 1.37. The van der Waals surface area contributed by atoms with Crippen molar-refractivity contribution < 1.29 is 14.6 Å². The molecule has 2 rings (SSSR count). The lowest BCUT2D eigenvalue weighted by Gasteiger charge is -2.21. The van der Waals surface area contributed by atoms with Gasteiger partial charge in [0, 0.05) is 6.54 Å². The first kappa shape index (κ1) is 9.15. The van der Waals surface area contributed by atoms with Crippen LogP contribution in [0.25, 0.3) is 0 Å². The van der Waals surface area contributed by atoms with Gasteiger partial charge in [-0.25, -0.2) is 4.79 Å². The number of aromatic carboxylic acids is 1. The van der Waals surface area contributed by atoms with Crippen molar-refractivity contribution in [1.82, 2.24) is 0 Å². The molecule has 0 saturated heterocycles. The molecule has 0 aromatic heterocycles. The summed E-state index contributed by atoms with van der Waals surface area (Å²) in [5, 5.41) is 12.1. The fourth-order valence-electron chi connectivity index (χ4n) is 1.40. The first-order chi connectivity index (χ1) is 6.70. The molecule has 0 atom stereocenters. The molecule has 1 aliphatic heterocycles. The van der Waals surface area contributed by atoms with E-state index in [0.717, 1.165) is 0 Å². The first-order valence-corrected chi connectivity index (χ1v) is 4.50. The predicted octanol–water partition coefficient (Wildman–Crippen LogP) is 1.84. The Morgan fingerprint density at radius 1 is 1.57 bits per heavy atom. The minimum absolute atomic E-state index is 0.0730. The second-order valence-corrected chi connectivity index (χ2v) is 3.28. The Hall–Kier alpha value is -1.42. The van der Waals surface area contributed by atoms with Crippen molar-refractivity contribution in [1.29, 1.82) is 0 Å². The van der Waals surface area contributed by atoms with Crippen LogP contribution in [0.15, 0.2) is 12.1 Å². The standard InChI is InChI=1S/C9H8ClNO3/c10-5-1-2-6-8(7(5)9(12)13)11-3-4-14-6/h1-2,11H,3-4H2,(H,12,13). The van der Waals surface area contributed by atoms with Gasteiger partial charge in [0.2, 0.25) is 0 Å². The summed E-state index contributed by atoms with van der Waals surface area (Å²) in [5.74, 6) is -0.511. The monoisotopic (exact) mass is 213 g/mol. The van der Waals surface area contributed by atoms with Crippen LogP contribution >= 0.6 is 11.6 Å². The number of benzene rings is 1. The Morgan fingerprint density at radius 2 is 2.36 bits per heavy atom. The van der Waals surface area contributed by atoms with E-state index in [1.807, 2.05) is 0 Å². The van der Waals surface area contributed by atoms with Crippen molar-refractivity contribution in [2.24, 2.45) is 0 Å². The summed E-state index contributed by atoms with van der Waals surface area (Å²) in [6, 6.07) is 3.19. The molecule has 2 N–H and O–H groups in total. The number of hydrogen-bond donors (Lipinski definition) is 2. The van der Waals surface area contributed by atoms with Crippen LogP contribution in [-0.4, -0.2) is 24.2 Å². The topological polar surface area (TPSA) is 58.6 Å². The van der Waals surface area contributed by atoms with Crippen LogP contribution in [0.5, 0.6) is 5.75 Å². The maximum atomic E-state index is 10.9. The minimum atomic E-state index is -1.05. The highest BCUT2D eigenvalue weighted by molar-refractivity contribution is 6.34. The Balaban J connectivity index is 2.60. The Labute approximate surface area is 85.4 Å². The molecule has 4 nitrogen and oxygen atoms in total. The maximum Gasteiger partial charge on any atom is 0.339 e. The number of carboxylic acid groups (broad SMARTS) is 1. The van der Waals surface area contributed by atoms with Gasteiger partial charge in [-0.05, 0) is 12.1 Å². The van der Waals surface area contributed by atoms with E-state index in [0.29, 0.717) is 24.6 Å². The molecule has 0 amide bonds. The third-order valence-corrected chi connectivity index (χ3v) is 2.31. The molecule has 0 spiro atoms. The van der Waals surface area contributed by atoms with E-state index in [1.165, 1.54) is 6.07 Å². The average Bonchev–Trinajstić information content (AvgIpc) is 2.17. The molecule has 1 aromatic rings. The van der Waals surface area contributed by atoms with Crippen LogP contribution in [0.2, 0.25) is 5.02 Å². The zero-order valence-corrected chi connectivity index (χ0v) is 7.97. The second-order valence-electron chi connectivity index (χ2n) is 2.88. The van der Waals surface area contributed by atoms with Gasteiger partial charge in [0.05, 0.1) is 10.7 Å². The number of hydrogen-bond acceptors (Lipinski definition) is 3. The van der Waals surface area contributed by atoms with E-state index in [2.05, 4.69) is 5.32 Å². The highest BCUT2D eigenvalue weighted by Gasteiger charge is 2.21. The molecule has 1 heterocycles. The lowest BCUT2D eigenvalue weighted by molar-refractivity contribution is 0.0697. The van der Waals surface area contributed by atoms with Gasteiger partial charge < -0.3 is 15.2 Å². The summed E-state index contributed by atoms with van der Waals surface area (Å²) in [5.41, 5.74) is 0.542. The molecule has 74 valence electrons. The van der Waals surface area contributed by atoms with Crippen LogP contribution in [-0.2, 0) is 0 Å². The fraction of sp³-hybridized carbons (Fsp3) is 0.222. The summed E-state index contributed by atoms with van der Waals surface area (Å²) >= 11 is 5.78. The van der Waals surface area contributed by atoms with Crippen molar-refractivity contribution in [2.75, 3.05) is 18.5 Å². The van der Waals surface area contributed by atoms with Gasteiger partial charge in [0.1, 0.15) is 17.9 Å². The quantitative estimate of drug-likeness (QED) is 0.748. The molecule has 14 heavy (non-hydrogen) atoms. The Kier molecular flexibility index (Phi) is 2.21. The molecule has 1 aliphatic rings. The average molecular weight is 214 g/mol. The lowest BCUT2D eigenvalue weighted by Crippen LogP contribution is -2.20. The molecule has 0 saturated carbocycles. The van der Waals surface area contributed by atoms with Gasteiger partial charge in [0.15, 0.2) is 0 Å². The number of fused-ring (bicyclic) bond motifs is 1. The number of nitrogens with one attached hydrogen (secondary N) is 1. The normalized spacial score (nSPS) is 13.8. The van der Waals surface area contributed by atoms with Crippen LogP contribution in [0, 0.1) is 0 Å². The summed E-state index contributed by atoms with van der Waals surface area (Å²) in [4.78, 5) is 10.9. The van der Waals surface area contributed by atoms with Crippen molar-refractivity contribution in [3.05, 3.63) is 22.7 Å². The zero-order chi connectivity index (χ0) is 10.1. The molecule has 0 fully saturated rings. The van der Waals surface area contributed by atoms with Gasteiger partial charge in [-0.15, -0.1) is 0 Å². The van der Waals surface area contributed by atoms with E-state index in [9.17, 15) is 4.79 Å². The molecule has 5 heteroatoms. The zero-order valence-electron chi connectivity index (χ0n) is 7.21. The van der Waals surface area contributed by atoms with E-state index in [4.69, 9.17) is 21.4 Å². The summed E-state index contributed by atoms with van der Waals surface area (Å²) in [6.07, 6.45) is 0. The number of ether oxygens (including phenoxy) is 1. The molecule has 0 unspecified atom stereocenters. The fourth-order valence-corrected chi connectivity index (χ4v) is 1.64. The summed E-state index contributed by atoms with van der Waals surface area (Å²) in [6.45, 7) is 1.13. The van der Waals surface area contributed by atoms with Gasteiger partial charge in [-0.1, -0.05) is 11.6 Å². The molecular weight excluding hydrogens is 206 g/mol. The molecule has 0 aliphatic carbocycles. The lowest BCUT2D eigenvalue weighted by atomic mass is 10.1. The van der Waals surface area contributed by atoms with Crippen LogP contribution in [0.1, 0.15) is 10.4 Å². The molecular formula is C9H8ClNO3. The highest BCUT2D eigenvalue weighted by atomic mass is 35.5. The van der Waals surface area contributed by atoms with Crippen LogP contribution in [0.3, 0.4) is 0 Å².